The molecular weight excluding hydrogens is 290 g/mol. The lowest BCUT2D eigenvalue weighted by Gasteiger charge is -2.32. The second-order valence-corrected chi connectivity index (χ2v) is 5.33. The molecule has 0 aliphatic carbocycles. The van der Waals surface area contributed by atoms with Crippen molar-refractivity contribution in [3.63, 3.8) is 0 Å². The number of hydrogen-bond acceptors (Lipinski definition) is 6. The lowest BCUT2D eigenvalue weighted by molar-refractivity contribution is 0.0698. The maximum Gasteiger partial charge on any atom is 0.340 e. The van der Waals surface area contributed by atoms with Gasteiger partial charge >= 0.3 is 17.1 Å². The van der Waals surface area contributed by atoms with Gasteiger partial charge in [-0.1, -0.05) is 0 Å². The number of aliphatic hydroxyl groups is 1. The molecule has 116 valence electrons. The second kappa shape index (κ2) is 5.30. The fourth-order valence-electron chi connectivity index (χ4n) is 2.55. The number of nitrogens with one attached hydrogen (secondary N) is 1. The van der Waals surface area contributed by atoms with Gasteiger partial charge in [-0.2, -0.15) is 4.68 Å². The number of aromatic carboxylic acids is 1. The number of anilines is 2. The molecule has 1 aliphatic rings. The first-order valence-electron chi connectivity index (χ1n) is 6.93. The third-order valence-corrected chi connectivity index (χ3v) is 3.77. The van der Waals surface area contributed by atoms with Crippen molar-refractivity contribution < 1.29 is 15.0 Å². The van der Waals surface area contributed by atoms with Crippen LogP contribution in [0, 0.1) is 0 Å². The van der Waals surface area contributed by atoms with Crippen molar-refractivity contribution in [2.75, 3.05) is 23.4 Å². The number of carboxylic acid groups (broad SMARTS) is 1. The number of aliphatic hydroxyl groups excluding tert-OH is 1. The maximum atomic E-state index is 11.2. The number of piperidine rings is 1. The fraction of sp³-hybridized carbons (Fsp3) is 0.357. The molecule has 1 aromatic carbocycles. The molecular formula is C14H15N3O5. The predicted octanol–water partition coefficient (Wildman–Crippen LogP) is -0.381. The van der Waals surface area contributed by atoms with Crippen LogP contribution in [-0.2, 0) is 0 Å². The second-order valence-electron chi connectivity index (χ2n) is 5.33. The van der Waals surface area contributed by atoms with Crippen LogP contribution < -0.4 is 21.4 Å². The third-order valence-electron chi connectivity index (χ3n) is 3.77. The summed E-state index contributed by atoms with van der Waals surface area (Å²) in [5, 5.41) is 18.9. The van der Waals surface area contributed by atoms with Gasteiger partial charge in [0.15, 0.2) is 0 Å². The van der Waals surface area contributed by atoms with Gasteiger partial charge in [0.05, 0.1) is 17.4 Å². The molecule has 22 heavy (non-hydrogen) atoms. The van der Waals surface area contributed by atoms with E-state index in [2.05, 4.69) is 5.43 Å². The maximum absolute atomic E-state index is 11.2. The summed E-state index contributed by atoms with van der Waals surface area (Å²) in [7, 11) is 0. The van der Waals surface area contributed by atoms with E-state index < -0.39 is 23.2 Å². The molecule has 0 amide bonds. The van der Waals surface area contributed by atoms with E-state index >= 15 is 0 Å². The van der Waals surface area contributed by atoms with Crippen molar-refractivity contribution in [1.29, 1.82) is 0 Å². The van der Waals surface area contributed by atoms with Gasteiger partial charge in [-0.3, -0.25) is 15.0 Å². The van der Waals surface area contributed by atoms with Crippen LogP contribution in [0.5, 0.6) is 0 Å². The van der Waals surface area contributed by atoms with Crippen LogP contribution >= 0.6 is 0 Å². The Morgan fingerprint density at radius 3 is 2.59 bits per heavy atom. The Bertz CT molecular complexity index is 764. The normalized spacial score (nSPS) is 18.6. The van der Waals surface area contributed by atoms with E-state index in [1.165, 1.54) is 6.07 Å². The molecule has 0 saturated carbocycles. The molecule has 1 saturated heterocycles. The first-order chi connectivity index (χ1) is 10.5. The zero-order valence-electron chi connectivity index (χ0n) is 11.7. The van der Waals surface area contributed by atoms with Crippen molar-refractivity contribution in [1.82, 2.24) is 4.68 Å². The van der Waals surface area contributed by atoms with E-state index in [0.717, 1.165) is 29.7 Å². The average molecular weight is 305 g/mol. The predicted molar refractivity (Wildman–Crippen MR) is 79.2 cm³/mol. The monoisotopic (exact) mass is 305 g/mol. The molecule has 8 nitrogen and oxygen atoms in total. The third kappa shape index (κ3) is 2.60. The topological polar surface area (TPSA) is 112 Å². The molecule has 2 aromatic rings. The standard InChI is InChI=1S/C14H15N3O5/c18-9-2-1-5-16(7-9)8-3-4-10(14(21)22)11(6-8)15-17-12(19)13(17)20/h3-4,6,9,15,18H,1-2,5,7H2,(H,21,22). The number of β-amino-alcohol motifs (C(OH)–C–C–N with tert-alkyl or cyclic N) is 1. The van der Waals surface area contributed by atoms with Crippen LogP contribution in [0.25, 0.3) is 0 Å². The van der Waals surface area contributed by atoms with Crippen LogP contribution in [0.2, 0.25) is 0 Å². The van der Waals surface area contributed by atoms with E-state index in [4.69, 9.17) is 0 Å². The Labute approximate surface area is 124 Å². The first-order valence-corrected chi connectivity index (χ1v) is 6.93. The number of carboxylic acids is 1. The number of benzene rings is 1. The van der Waals surface area contributed by atoms with Gasteiger partial charge in [0.1, 0.15) is 0 Å². The molecule has 1 aromatic heterocycles. The van der Waals surface area contributed by atoms with Gasteiger partial charge in [-0.25, -0.2) is 4.79 Å². The van der Waals surface area contributed by atoms with Crippen LogP contribution in [0.1, 0.15) is 23.2 Å². The molecule has 0 radical (unpaired) electrons. The molecule has 3 N–H and O–H groups in total. The van der Waals surface area contributed by atoms with Crippen molar-refractivity contribution in [3.8, 4) is 0 Å². The van der Waals surface area contributed by atoms with Gasteiger partial charge in [0.25, 0.3) is 0 Å². The lowest BCUT2D eigenvalue weighted by atomic mass is 10.1. The Hall–Kier alpha value is -2.61. The van der Waals surface area contributed by atoms with E-state index in [1.54, 1.807) is 12.1 Å². The summed E-state index contributed by atoms with van der Waals surface area (Å²) in [6, 6.07) is 4.64. The minimum absolute atomic E-state index is 0.0335. The van der Waals surface area contributed by atoms with Crippen molar-refractivity contribution in [2.24, 2.45) is 0 Å². The number of carbonyl (C=O) groups is 1. The highest BCUT2D eigenvalue weighted by atomic mass is 16.4. The average Bonchev–Trinajstić information content (AvgIpc) is 3.05. The number of rotatable bonds is 4. The van der Waals surface area contributed by atoms with Crippen molar-refractivity contribution in [3.05, 3.63) is 44.5 Å². The number of aromatic nitrogens is 1. The molecule has 0 bridgehead atoms. The van der Waals surface area contributed by atoms with E-state index in [9.17, 15) is 24.6 Å². The molecule has 1 atom stereocenters. The Morgan fingerprint density at radius 2 is 2.00 bits per heavy atom. The minimum atomic E-state index is -1.16. The van der Waals surface area contributed by atoms with E-state index in [0.29, 0.717) is 6.54 Å². The van der Waals surface area contributed by atoms with Crippen LogP contribution in [0.15, 0.2) is 27.8 Å². The van der Waals surface area contributed by atoms with Gasteiger partial charge in [0, 0.05) is 18.8 Å². The lowest BCUT2D eigenvalue weighted by Crippen LogP contribution is -2.38. The first kappa shape index (κ1) is 14.3. The zero-order valence-corrected chi connectivity index (χ0v) is 11.7. The van der Waals surface area contributed by atoms with E-state index in [1.807, 2.05) is 4.90 Å². The summed E-state index contributed by atoms with van der Waals surface area (Å²) in [5.41, 5.74) is 1.99. The minimum Gasteiger partial charge on any atom is -0.478 e. The molecule has 0 spiro atoms. The van der Waals surface area contributed by atoms with Crippen molar-refractivity contribution >= 4 is 17.3 Å². The van der Waals surface area contributed by atoms with Gasteiger partial charge < -0.3 is 15.1 Å². The highest BCUT2D eigenvalue weighted by Crippen LogP contribution is 2.26. The highest BCUT2D eigenvalue weighted by molar-refractivity contribution is 5.95. The molecule has 3 rings (SSSR count). The van der Waals surface area contributed by atoms with Gasteiger partial charge in [-0.15, -0.1) is 0 Å². The van der Waals surface area contributed by atoms with Crippen LogP contribution in [0.4, 0.5) is 11.4 Å². The summed E-state index contributed by atoms with van der Waals surface area (Å²) >= 11 is 0. The molecule has 1 unspecified atom stereocenters. The number of nitrogens with zero attached hydrogens (tertiary/aromatic N) is 2. The summed E-state index contributed by atoms with van der Waals surface area (Å²) in [4.78, 5) is 35.3. The Morgan fingerprint density at radius 1 is 1.27 bits per heavy atom. The molecule has 2 heterocycles. The Kier molecular flexibility index (Phi) is 3.45. The van der Waals surface area contributed by atoms with Crippen LogP contribution in [0.3, 0.4) is 0 Å². The van der Waals surface area contributed by atoms with Crippen LogP contribution in [-0.4, -0.2) is 40.1 Å². The highest BCUT2D eigenvalue weighted by Gasteiger charge is 2.22. The molecule has 1 fully saturated rings. The Balaban J connectivity index is 1.92. The largest absolute Gasteiger partial charge is 0.478 e. The number of hydrogen-bond donors (Lipinski definition) is 3. The van der Waals surface area contributed by atoms with Gasteiger partial charge in [-0.05, 0) is 31.0 Å². The molecule has 1 aliphatic heterocycles. The summed E-state index contributed by atoms with van der Waals surface area (Å²) in [6.45, 7) is 1.22. The van der Waals surface area contributed by atoms with Gasteiger partial charge in [0.2, 0.25) is 0 Å². The smallest absolute Gasteiger partial charge is 0.340 e. The quantitative estimate of drug-likeness (QED) is 0.660. The van der Waals surface area contributed by atoms with E-state index in [-0.39, 0.29) is 11.3 Å². The summed E-state index contributed by atoms with van der Waals surface area (Å²) in [6.07, 6.45) is 1.17. The summed E-state index contributed by atoms with van der Waals surface area (Å²) < 4.78 is 0.761. The SMILES string of the molecule is O=C(O)c1ccc(N2CCCC(O)C2)cc1Nn1c(=O)c1=O. The summed E-state index contributed by atoms with van der Waals surface area (Å²) in [5.74, 6) is -1.16. The van der Waals surface area contributed by atoms with Crippen molar-refractivity contribution in [2.45, 2.75) is 18.9 Å². The zero-order chi connectivity index (χ0) is 15.9. The fourth-order valence-corrected chi connectivity index (χ4v) is 2.55. The molecule has 8 heteroatoms.